The second kappa shape index (κ2) is 5.80. The lowest BCUT2D eigenvalue weighted by atomic mass is 9.76. The van der Waals surface area contributed by atoms with Crippen LogP contribution in [0.2, 0.25) is 0 Å². The van der Waals surface area contributed by atoms with Gasteiger partial charge in [0.15, 0.2) is 17.3 Å². The summed E-state index contributed by atoms with van der Waals surface area (Å²) in [5, 5.41) is 7.05. The van der Waals surface area contributed by atoms with Crippen molar-refractivity contribution in [1.29, 1.82) is 0 Å². The van der Waals surface area contributed by atoms with E-state index in [-0.39, 0.29) is 12.5 Å². The minimum atomic E-state index is -0.523. The molecule has 0 atom stereocenters. The molecule has 0 saturated heterocycles. The molecule has 1 saturated carbocycles. The molecule has 3 aromatic heterocycles. The number of nitrogens with one attached hydrogen (secondary N) is 2. The molecule has 0 unspecified atom stereocenters. The molecule has 25 heavy (non-hydrogen) atoms. The van der Waals surface area contributed by atoms with Crippen molar-refractivity contribution in [3.63, 3.8) is 0 Å². The summed E-state index contributed by atoms with van der Waals surface area (Å²) in [4.78, 5) is 34.1. The molecule has 1 aliphatic carbocycles. The van der Waals surface area contributed by atoms with E-state index in [0.717, 1.165) is 19.3 Å². The molecule has 1 aliphatic rings. The van der Waals surface area contributed by atoms with Crippen molar-refractivity contribution in [3.05, 3.63) is 24.4 Å². The normalized spacial score (nSPS) is 15.8. The number of imidazole rings is 1. The molecule has 10 nitrogen and oxygen atoms in total. The van der Waals surface area contributed by atoms with Crippen LogP contribution in [0.5, 0.6) is 0 Å². The Labute approximate surface area is 143 Å². The average molecular weight is 342 g/mol. The topological polar surface area (TPSA) is 126 Å². The number of hydrogen-bond donors (Lipinski definition) is 2. The van der Waals surface area contributed by atoms with Crippen LogP contribution in [0.15, 0.2) is 17.2 Å². The van der Waals surface area contributed by atoms with Crippen LogP contribution >= 0.6 is 0 Å². The number of aryl methyl sites for hydroxylation is 1. The molecule has 1 fully saturated rings. The molecule has 0 radical (unpaired) electrons. The number of rotatable bonds is 5. The van der Waals surface area contributed by atoms with Crippen LogP contribution in [0.1, 0.15) is 31.0 Å². The maximum Gasteiger partial charge on any atom is 0.240 e. The van der Waals surface area contributed by atoms with Crippen LogP contribution in [0.3, 0.4) is 0 Å². The summed E-state index contributed by atoms with van der Waals surface area (Å²) in [6, 6.07) is 0. The molecular weight excluding hydrogens is 324 g/mol. The molecule has 0 bridgehead atoms. The Morgan fingerprint density at radius 1 is 1.40 bits per heavy atom. The number of carbonyl (C=O) groups is 1. The van der Waals surface area contributed by atoms with Crippen molar-refractivity contribution < 1.29 is 9.32 Å². The standard InChI is InChI=1S/C15H18N8O2/c1-9-20-14(22-25-9)15(4-3-5-15)21-10(24)6-23(2)13-11-12(17-7-16-11)18-8-19-13/h7-8H,3-6H2,1-2H3,(H,21,24)(H,16,17,18,19). The van der Waals surface area contributed by atoms with Gasteiger partial charge in [0, 0.05) is 14.0 Å². The Balaban J connectivity index is 1.49. The molecular formula is C15H18N8O2. The van der Waals surface area contributed by atoms with Crippen LogP contribution in [-0.4, -0.2) is 49.6 Å². The van der Waals surface area contributed by atoms with Gasteiger partial charge in [-0.15, -0.1) is 0 Å². The number of carbonyl (C=O) groups excluding carboxylic acids is 1. The zero-order chi connectivity index (χ0) is 17.4. The Bertz CT molecular complexity index is 913. The van der Waals surface area contributed by atoms with Crippen LogP contribution in [-0.2, 0) is 10.3 Å². The second-order valence-corrected chi connectivity index (χ2v) is 6.28. The van der Waals surface area contributed by atoms with E-state index < -0.39 is 5.54 Å². The van der Waals surface area contributed by atoms with E-state index in [1.807, 2.05) is 0 Å². The molecule has 2 N–H and O–H groups in total. The zero-order valence-corrected chi connectivity index (χ0v) is 14.0. The van der Waals surface area contributed by atoms with Gasteiger partial charge < -0.3 is 19.7 Å². The fourth-order valence-electron chi connectivity index (χ4n) is 3.07. The smallest absolute Gasteiger partial charge is 0.240 e. The summed E-state index contributed by atoms with van der Waals surface area (Å²) in [7, 11) is 1.80. The first-order valence-corrected chi connectivity index (χ1v) is 8.04. The van der Waals surface area contributed by atoms with Crippen molar-refractivity contribution >= 4 is 22.9 Å². The fourth-order valence-corrected chi connectivity index (χ4v) is 3.07. The van der Waals surface area contributed by atoms with Gasteiger partial charge in [-0.25, -0.2) is 15.0 Å². The molecule has 0 spiro atoms. The molecule has 4 rings (SSSR count). The van der Waals surface area contributed by atoms with Crippen LogP contribution < -0.4 is 10.2 Å². The number of aromatic amines is 1. The predicted octanol–water partition coefficient (Wildman–Crippen LogP) is 0.676. The maximum absolute atomic E-state index is 12.6. The number of H-pyrrole nitrogens is 1. The third-order valence-corrected chi connectivity index (χ3v) is 4.49. The molecule has 0 aliphatic heterocycles. The van der Waals surface area contributed by atoms with Gasteiger partial charge in [-0.1, -0.05) is 5.16 Å². The molecule has 3 heterocycles. The van der Waals surface area contributed by atoms with Gasteiger partial charge in [0.1, 0.15) is 17.4 Å². The van der Waals surface area contributed by atoms with E-state index >= 15 is 0 Å². The van der Waals surface area contributed by atoms with E-state index in [4.69, 9.17) is 4.52 Å². The lowest BCUT2D eigenvalue weighted by molar-refractivity contribution is -0.123. The number of likely N-dealkylation sites (N-methyl/N-ethyl adjacent to an activating group) is 1. The van der Waals surface area contributed by atoms with E-state index in [1.165, 1.54) is 6.33 Å². The summed E-state index contributed by atoms with van der Waals surface area (Å²) in [6.45, 7) is 1.88. The summed E-state index contributed by atoms with van der Waals surface area (Å²) in [6.07, 6.45) is 5.62. The first-order chi connectivity index (χ1) is 12.1. The van der Waals surface area contributed by atoms with Crippen molar-refractivity contribution in [1.82, 2.24) is 35.4 Å². The van der Waals surface area contributed by atoms with Crippen LogP contribution in [0, 0.1) is 6.92 Å². The van der Waals surface area contributed by atoms with E-state index in [1.54, 1.807) is 25.2 Å². The third-order valence-electron chi connectivity index (χ3n) is 4.49. The first-order valence-electron chi connectivity index (χ1n) is 8.04. The van der Waals surface area contributed by atoms with Crippen molar-refractivity contribution in [2.75, 3.05) is 18.5 Å². The maximum atomic E-state index is 12.6. The van der Waals surface area contributed by atoms with Gasteiger partial charge in [0.05, 0.1) is 12.9 Å². The first kappa shape index (κ1) is 15.5. The minimum Gasteiger partial charge on any atom is -0.348 e. The van der Waals surface area contributed by atoms with Gasteiger partial charge in [0.2, 0.25) is 11.8 Å². The summed E-state index contributed by atoms with van der Waals surface area (Å²) in [5.74, 6) is 1.53. The molecule has 130 valence electrons. The van der Waals surface area contributed by atoms with E-state index in [0.29, 0.717) is 28.7 Å². The third kappa shape index (κ3) is 2.69. The number of aromatic nitrogens is 6. The van der Waals surface area contributed by atoms with Crippen molar-refractivity contribution in [2.24, 2.45) is 0 Å². The summed E-state index contributed by atoms with van der Waals surface area (Å²) in [5.41, 5.74) is 0.741. The Morgan fingerprint density at radius 3 is 2.92 bits per heavy atom. The molecule has 3 aromatic rings. The minimum absolute atomic E-state index is 0.129. The second-order valence-electron chi connectivity index (χ2n) is 6.28. The van der Waals surface area contributed by atoms with Crippen LogP contribution in [0.25, 0.3) is 11.2 Å². The van der Waals surface area contributed by atoms with Gasteiger partial charge >= 0.3 is 0 Å². The lowest BCUT2D eigenvalue weighted by Crippen LogP contribution is -2.53. The monoisotopic (exact) mass is 342 g/mol. The largest absolute Gasteiger partial charge is 0.348 e. The average Bonchev–Trinajstić information content (AvgIpc) is 3.19. The Morgan fingerprint density at radius 2 is 2.24 bits per heavy atom. The number of anilines is 1. The predicted molar refractivity (Wildman–Crippen MR) is 87.7 cm³/mol. The number of amides is 1. The van der Waals surface area contributed by atoms with Crippen LogP contribution in [0.4, 0.5) is 5.82 Å². The highest BCUT2D eigenvalue weighted by Gasteiger charge is 2.44. The van der Waals surface area contributed by atoms with Crippen molar-refractivity contribution in [3.8, 4) is 0 Å². The van der Waals surface area contributed by atoms with Gasteiger partial charge in [0.25, 0.3) is 0 Å². The highest BCUT2D eigenvalue weighted by Crippen LogP contribution is 2.39. The number of hydrogen-bond acceptors (Lipinski definition) is 8. The quantitative estimate of drug-likeness (QED) is 0.693. The number of nitrogens with zero attached hydrogens (tertiary/aromatic N) is 6. The zero-order valence-electron chi connectivity index (χ0n) is 14.0. The highest BCUT2D eigenvalue weighted by atomic mass is 16.5. The van der Waals surface area contributed by atoms with E-state index in [9.17, 15) is 4.79 Å². The molecule has 0 aromatic carbocycles. The highest BCUT2D eigenvalue weighted by molar-refractivity contribution is 5.87. The van der Waals surface area contributed by atoms with Gasteiger partial charge in [-0.2, -0.15) is 4.98 Å². The van der Waals surface area contributed by atoms with Gasteiger partial charge in [-0.05, 0) is 19.3 Å². The molecule has 10 heteroatoms. The SMILES string of the molecule is Cc1nc(C2(NC(=O)CN(C)c3ncnc4nc[nH]c34)CCC2)no1. The lowest BCUT2D eigenvalue weighted by Gasteiger charge is -2.40. The van der Waals surface area contributed by atoms with Gasteiger partial charge in [-0.3, -0.25) is 4.79 Å². The molecule has 1 amide bonds. The number of fused-ring (bicyclic) bond motifs is 1. The van der Waals surface area contributed by atoms with E-state index in [2.05, 4.69) is 35.4 Å². The van der Waals surface area contributed by atoms with Crippen molar-refractivity contribution in [2.45, 2.75) is 31.7 Å². The summed E-state index contributed by atoms with van der Waals surface area (Å²) >= 11 is 0. The Hall–Kier alpha value is -3.04. The Kier molecular flexibility index (Phi) is 3.59. The fraction of sp³-hybridized carbons (Fsp3) is 0.467. The summed E-state index contributed by atoms with van der Waals surface area (Å²) < 4.78 is 5.07.